The fourth-order valence-electron chi connectivity index (χ4n) is 2.52. The number of methoxy groups -OCH3 is 2. The number of β-amino-alcohol motifs (C(OH)–C–C–N with tert-alkyl or cyclic N) is 1. The molecule has 0 spiro atoms. The topological polar surface area (TPSA) is 59.0 Å². The second-order valence-corrected chi connectivity index (χ2v) is 5.11. The van der Waals surface area contributed by atoms with Crippen LogP contribution < -0.4 is 9.47 Å². The number of ether oxygens (including phenoxy) is 2. The maximum absolute atomic E-state index is 11.1. The maximum atomic E-state index is 11.1. The molecule has 0 amide bonds. The lowest BCUT2D eigenvalue weighted by Gasteiger charge is -2.32. The first kappa shape index (κ1) is 14.8. The summed E-state index contributed by atoms with van der Waals surface area (Å²) in [6.07, 6.45) is -0.0551. The largest absolute Gasteiger partial charge is 0.493 e. The van der Waals surface area contributed by atoms with Gasteiger partial charge in [0.25, 0.3) is 0 Å². The fraction of sp³-hybridized carbons (Fsp3) is 0.533. The van der Waals surface area contributed by atoms with Crippen LogP contribution in [-0.4, -0.2) is 43.1 Å². The van der Waals surface area contributed by atoms with E-state index >= 15 is 0 Å². The van der Waals surface area contributed by atoms with Crippen molar-refractivity contribution in [2.24, 2.45) is 0 Å². The highest BCUT2D eigenvalue weighted by molar-refractivity contribution is 5.75. The van der Waals surface area contributed by atoms with Crippen molar-refractivity contribution in [3.63, 3.8) is 0 Å². The molecule has 0 bridgehead atoms. The molecule has 0 aromatic heterocycles. The number of benzene rings is 1. The predicted molar refractivity (Wildman–Crippen MR) is 75.1 cm³/mol. The van der Waals surface area contributed by atoms with Gasteiger partial charge in [0.2, 0.25) is 0 Å². The molecule has 5 nitrogen and oxygen atoms in total. The van der Waals surface area contributed by atoms with Crippen molar-refractivity contribution in [2.75, 3.05) is 27.3 Å². The predicted octanol–water partition coefficient (Wildman–Crippen LogP) is 1.53. The van der Waals surface area contributed by atoms with Crippen LogP contribution in [0.2, 0.25) is 0 Å². The Morgan fingerprint density at radius 2 is 2.00 bits per heavy atom. The smallest absolute Gasteiger partial charge is 0.161 e. The molecule has 0 radical (unpaired) electrons. The van der Waals surface area contributed by atoms with E-state index in [1.54, 1.807) is 21.1 Å². The van der Waals surface area contributed by atoms with E-state index in [1.165, 1.54) is 0 Å². The van der Waals surface area contributed by atoms with Crippen LogP contribution in [0.15, 0.2) is 12.1 Å². The van der Waals surface area contributed by atoms with Gasteiger partial charge in [-0.05, 0) is 30.2 Å². The summed E-state index contributed by atoms with van der Waals surface area (Å²) in [6.45, 7) is 3.50. The molecule has 1 atom stereocenters. The van der Waals surface area contributed by atoms with Crippen LogP contribution in [0.3, 0.4) is 0 Å². The average molecular weight is 279 g/mol. The molecule has 1 aromatic carbocycles. The van der Waals surface area contributed by atoms with Gasteiger partial charge in [0.05, 0.1) is 20.3 Å². The molecule has 5 heteroatoms. The van der Waals surface area contributed by atoms with Crippen molar-refractivity contribution in [2.45, 2.75) is 26.0 Å². The fourth-order valence-corrected chi connectivity index (χ4v) is 2.52. The Morgan fingerprint density at radius 3 is 2.60 bits per heavy atom. The summed E-state index contributed by atoms with van der Waals surface area (Å²) in [5, 5.41) is 10.3. The molecule has 1 N–H and O–H groups in total. The van der Waals surface area contributed by atoms with Crippen LogP contribution in [0.4, 0.5) is 0 Å². The normalized spacial score (nSPS) is 18.5. The van der Waals surface area contributed by atoms with E-state index in [0.29, 0.717) is 37.6 Å². The number of hydrogen-bond acceptors (Lipinski definition) is 5. The second kappa shape index (κ2) is 6.24. The highest BCUT2D eigenvalue weighted by atomic mass is 16.5. The van der Waals surface area contributed by atoms with E-state index in [-0.39, 0.29) is 5.78 Å². The maximum Gasteiger partial charge on any atom is 0.161 e. The zero-order chi connectivity index (χ0) is 14.7. The summed E-state index contributed by atoms with van der Waals surface area (Å²) in [4.78, 5) is 13.2. The Balaban J connectivity index is 2.23. The lowest BCUT2D eigenvalue weighted by molar-refractivity contribution is -0.117. The molecule has 2 rings (SSSR count). The van der Waals surface area contributed by atoms with Crippen LogP contribution in [0.5, 0.6) is 11.5 Å². The minimum atomic E-state index is -0.564. The Hall–Kier alpha value is -1.59. The van der Waals surface area contributed by atoms with Crippen LogP contribution in [0.25, 0.3) is 0 Å². The minimum absolute atomic E-state index is 0.164. The second-order valence-electron chi connectivity index (χ2n) is 5.11. The first-order valence-corrected chi connectivity index (χ1v) is 6.69. The van der Waals surface area contributed by atoms with Gasteiger partial charge in [0, 0.05) is 26.1 Å². The number of hydrogen-bond donors (Lipinski definition) is 1. The first-order chi connectivity index (χ1) is 9.55. The number of ketones is 1. The van der Waals surface area contributed by atoms with Gasteiger partial charge in [-0.1, -0.05) is 0 Å². The van der Waals surface area contributed by atoms with Crippen LogP contribution in [-0.2, 0) is 11.3 Å². The van der Waals surface area contributed by atoms with Gasteiger partial charge in [0.15, 0.2) is 11.5 Å². The van der Waals surface area contributed by atoms with Crippen LogP contribution in [0.1, 0.15) is 30.6 Å². The standard InChI is InChI=1S/C15H21NO4/c1-10(17)4-5-16-8-11-6-14(19-2)15(20-3)7-12(11)13(18)9-16/h6-7,13,18H,4-5,8-9H2,1-3H3/t13-/m1/s1. The molecule has 110 valence electrons. The van der Waals surface area contributed by atoms with E-state index in [2.05, 4.69) is 4.90 Å². The van der Waals surface area contributed by atoms with E-state index < -0.39 is 6.10 Å². The third-order valence-electron chi connectivity index (χ3n) is 3.61. The Kier molecular flexibility index (Phi) is 4.62. The number of rotatable bonds is 5. The molecule has 1 aliphatic rings. The minimum Gasteiger partial charge on any atom is -0.493 e. The molecule has 1 aromatic rings. The highest BCUT2D eigenvalue weighted by Crippen LogP contribution is 2.36. The monoisotopic (exact) mass is 279 g/mol. The van der Waals surface area contributed by atoms with E-state index in [0.717, 1.165) is 11.1 Å². The lowest BCUT2D eigenvalue weighted by Crippen LogP contribution is -2.35. The molecule has 1 aliphatic heterocycles. The summed E-state index contributed by atoms with van der Waals surface area (Å²) < 4.78 is 10.6. The van der Waals surface area contributed by atoms with Crippen LogP contribution in [0, 0.1) is 0 Å². The number of Topliss-reactive ketones (excluding diaryl/α,β-unsaturated/α-hetero) is 1. The summed E-state index contributed by atoms with van der Waals surface area (Å²) in [5.74, 6) is 1.45. The summed E-state index contributed by atoms with van der Waals surface area (Å²) >= 11 is 0. The van der Waals surface area contributed by atoms with E-state index in [4.69, 9.17) is 9.47 Å². The summed E-state index contributed by atoms with van der Waals surface area (Å²) in [7, 11) is 3.18. The third-order valence-corrected chi connectivity index (χ3v) is 3.61. The molecule has 20 heavy (non-hydrogen) atoms. The molecule has 0 aliphatic carbocycles. The highest BCUT2D eigenvalue weighted by Gasteiger charge is 2.25. The molecular formula is C15H21NO4. The Morgan fingerprint density at radius 1 is 1.35 bits per heavy atom. The van der Waals surface area contributed by atoms with Gasteiger partial charge in [-0.25, -0.2) is 0 Å². The zero-order valence-electron chi connectivity index (χ0n) is 12.2. The van der Waals surface area contributed by atoms with Gasteiger partial charge in [-0.3, -0.25) is 9.69 Å². The van der Waals surface area contributed by atoms with Gasteiger partial charge in [-0.2, -0.15) is 0 Å². The van der Waals surface area contributed by atoms with Crippen LogP contribution >= 0.6 is 0 Å². The summed E-state index contributed by atoms with van der Waals surface area (Å²) in [6, 6.07) is 3.73. The van der Waals surface area contributed by atoms with Gasteiger partial charge in [-0.15, -0.1) is 0 Å². The number of carbonyl (C=O) groups excluding carboxylic acids is 1. The van der Waals surface area contributed by atoms with Crippen molar-refractivity contribution in [1.29, 1.82) is 0 Å². The Labute approximate surface area is 119 Å². The van der Waals surface area contributed by atoms with Crippen molar-refractivity contribution >= 4 is 5.78 Å². The average Bonchev–Trinajstić information content (AvgIpc) is 2.43. The van der Waals surface area contributed by atoms with Gasteiger partial charge >= 0.3 is 0 Å². The van der Waals surface area contributed by atoms with E-state index in [9.17, 15) is 9.90 Å². The molecule has 0 saturated heterocycles. The lowest BCUT2D eigenvalue weighted by atomic mass is 9.96. The SMILES string of the molecule is COc1cc2c(cc1OC)[C@H](O)CN(CCC(C)=O)C2. The number of aliphatic hydroxyl groups is 1. The molecule has 0 saturated carbocycles. The van der Waals surface area contributed by atoms with Crippen molar-refractivity contribution in [3.8, 4) is 11.5 Å². The quantitative estimate of drug-likeness (QED) is 0.886. The zero-order valence-corrected chi connectivity index (χ0v) is 12.2. The molecule has 1 heterocycles. The van der Waals surface area contributed by atoms with Crippen molar-refractivity contribution in [3.05, 3.63) is 23.3 Å². The number of aliphatic hydroxyl groups excluding tert-OH is 1. The van der Waals surface area contributed by atoms with Gasteiger partial charge < -0.3 is 14.6 Å². The Bertz CT molecular complexity index is 501. The molecule has 0 fully saturated rings. The number of carbonyl (C=O) groups is 1. The molecular weight excluding hydrogens is 258 g/mol. The summed E-state index contributed by atoms with van der Waals surface area (Å²) in [5.41, 5.74) is 1.90. The third kappa shape index (κ3) is 3.11. The van der Waals surface area contributed by atoms with Gasteiger partial charge in [0.1, 0.15) is 5.78 Å². The first-order valence-electron chi connectivity index (χ1n) is 6.69. The van der Waals surface area contributed by atoms with Crippen molar-refractivity contribution in [1.82, 2.24) is 4.90 Å². The van der Waals surface area contributed by atoms with Crippen molar-refractivity contribution < 1.29 is 19.4 Å². The molecule has 0 unspecified atom stereocenters. The van der Waals surface area contributed by atoms with E-state index in [1.807, 2.05) is 12.1 Å². The number of nitrogens with zero attached hydrogens (tertiary/aromatic N) is 1. The number of fused-ring (bicyclic) bond motifs is 1.